The summed E-state index contributed by atoms with van der Waals surface area (Å²) in [6.45, 7) is 1.79. The fourth-order valence-corrected chi connectivity index (χ4v) is 2.30. The molecule has 2 aromatic rings. The minimum absolute atomic E-state index is 0.0690. The molecule has 1 heterocycles. The highest BCUT2D eigenvalue weighted by molar-refractivity contribution is 9.10. The van der Waals surface area contributed by atoms with Crippen molar-refractivity contribution in [2.45, 2.75) is 13.5 Å². The van der Waals surface area contributed by atoms with Gasteiger partial charge in [0.1, 0.15) is 18.1 Å². The average molecular weight is 346 g/mol. The van der Waals surface area contributed by atoms with Gasteiger partial charge in [-0.1, -0.05) is 27.5 Å². The van der Waals surface area contributed by atoms with Gasteiger partial charge in [0, 0.05) is 10.0 Å². The zero-order chi connectivity index (χ0) is 14.0. The van der Waals surface area contributed by atoms with Gasteiger partial charge in [-0.3, -0.25) is 0 Å². The van der Waals surface area contributed by atoms with E-state index in [2.05, 4.69) is 15.9 Å². The van der Waals surface area contributed by atoms with E-state index < -0.39 is 5.97 Å². The molecule has 0 aliphatic rings. The number of hydrogen-bond acceptors (Lipinski definition) is 3. The predicted molar refractivity (Wildman–Crippen MR) is 73.9 cm³/mol. The van der Waals surface area contributed by atoms with Crippen LogP contribution in [0.5, 0.6) is 5.75 Å². The Bertz CT molecular complexity index is 621. The molecule has 0 radical (unpaired) electrons. The Morgan fingerprint density at radius 2 is 2.21 bits per heavy atom. The third-order valence-electron chi connectivity index (χ3n) is 2.43. The monoisotopic (exact) mass is 344 g/mol. The van der Waals surface area contributed by atoms with Crippen molar-refractivity contribution in [2.75, 3.05) is 0 Å². The smallest absolute Gasteiger partial charge is 0.372 e. The number of halogens is 2. The van der Waals surface area contributed by atoms with Crippen LogP contribution in [0.2, 0.25) is 5.02 Å². The molecule has 0 unspecified atom stereocenters. The first-order valence-electron chi connectivity index (χ1n) is 5.38. The first-order valence-corrected chi connectivity index (χ1v) is 6.55. The molecule has 0 aliphatic heterocycles. The van der Waals surface area contributed by atoms with Gasteiger partial charge in [0.25, 0.3) is 0 Å². The summed E-state index contributed by atoms with van der Waals surface area (Å²) in [6.07, 6.45) is 0. The number of hydrogen-bond donors (Lipinski definition) is 1. The van der Waals surface area contributed by atoms with E-state index in [9.17, 15) is 4.79 Å². The number of ether oxygens (including phenoxy) is 1. The number of carbonyl (C=O) groups is 1. The SMILES string of the molecule is Cc1cc(COc2ccc(Br)cc2Cl)oc1C(=O)O. The van der Waals surface area contributed by atoms with Crippen molar-refractivity contribution in [1.29, 1.82) is 0 Å². The van der Waals surface area contributed by atoms with E-state index in [1.54, 1.807) is 31.2 Å². The number of aryl methyl sites for hydroxylation is 1. The lowest BCUT2D eigenvalue weighted by Gasteiger charge is -2.06. The maximum absolute atomic E-state index is 10.8. The van der Waals surface area contributed by atoms with Crippen LogP contribution < -0.4 is 4.74 Å². The van der Waals surface area contributed by atoms with Crippen LogP contribution in [-0.2, 0) is 6.61 Å². The van der Waals surface area contributed by atoms with Crippen molar-refractivity contribution in [1.82, 2.24) is 0 Å². The fraction of sp³-hybridized carbons (Fsp3) is 0.154. The van der Waals surface area contributed by atoms with Crippen molar-refractivity contribution in [3.8, 4) is 5.75 Å². The zero-order valence-corrected chi connectivity index (χ0v) is 12.3. The summed E-state index contributed by atoms with van der Waals surface area (Å²) in [5.41, 5.74) is 0.563. The molecule has 0 atom stereocenters. The molecule has 19 heavy (non-hydrogen) atoms. The molecule has 1 N–H and O–H groups in total. The maximum atomic E-state index is 10.8. The number of rotatable bonds is 4. The van der Waals surface area contributed by atoms with Crippen molar-refractivity contribution in [2.24, 2.45) is 0 Å². The predicted octanol–water partition coefficient (Wildman–Crippen LogP) is 4.28. The van der Waals surface area contributed by atoms with Gasteiger partial charge in [-0.25, -0.2) is 4.79 Å². The highest BCUT2D eigenvalue weighted by atomic mass is 79.9. The summed E-state index contributed by atoms with van der Waals surface area (Å²) < 4.78 is 11.5. The average Bonchev–Trinajstić information content (AvgIpc) is 2.69. The molecule has 6 heteroatoms. The normalized spacial score (nSPS) is 10.5. The highest BCUT2D eigenvalue weighted by Gasteiger charge is 2.14. The largest absolute Gasteiger partial charge is 0.484 e. The fourth-order valence-electron chi connectivity index (χ4n) is 1.57. The molecule has 0 bridgehead atoms. The molecule has 0 saturated heterocycles. The van der Waals surface area contributed by atoms with Gasteiger partial charge in [0.15, 0.2) is 0 Å². The van der Waals surface area contributed by atoms with E-state index >= 15 is 0 Å². The molecule has 0 saturated carbocycles. The van der Waals surface area contributed by atoms with Gasteiger partial charge in [-0.05, 0) is 31.2 Å². The Morgan fingerprint density at radius 1 is 1.47 bits per heavy atom. The Balaban J connectivity index is 2.10. The van der Waals surface area contributed by atoms with Crippen LogP contribution in [0.15, 0.2) is 33.2 Å². The third kappa shape index (κ3) is 3.30. The van der Waals surface area contributed by atoms with E-state index in [0.717, 1.165) is 4.47 Å². The number of carboxylic acids is 1. The number of furan rings is 1. The van der Waals surface area contributed by atoms with Crippen molar-refractivity contribution in [3.63, 3.8) is 0 Å². The highest BCUT2D eigenvalue weighted by Crippen LogP contribution is 2.28. The molecule has 0 amide bonds. The summed E-state index contributed by atoms with van der Waals surface area (Å²) >= 11 is 9.30. The molecule has 100 valence electrons. The van der Waals surface area contributed by atoms with Crippen LogP contribution in [0, 0.1) is 6.92 Å². The molecule has 1 aromatic heterocycles. The third-order valence-corrected chi connectivity index (χ3v) is 3.22. The molecular weight excluding hydrogens is 335 g/mol. The number of benzene rings is 1. The molecule has 1 aromatic carbocycles. The second-order valence-electron chi connectivity index (χ2n) is 3.89. The standard InChI is InChI=1S/C13H10BrClO4/c1-7-4-9(19-12(7)13(16)17)6-18-11-3-2-8(14)5-10(11)15/h2-5H,6H2,1H3,(H,16,17). The maximum Gasteiger partial charge on any atom is 0.372 e. The quantitative estimate of drug-likeness (QED) is 0.898. The second kappa shape index (κ2) is 5.67. The first kappa shape index (κ1) is 14.0. The van der Waals surface area contributed by atoms with Crippen molar-refractivity contribution >= 4 is 33.5 Å². The first-order chi connectivity index (χ1) is 8.97. The number of aromatic carboxylic acids is 1. The summed E-state index contributed by atoms with van der Waals surface area (Å²) in [5.74, 6) is -0.212. The Hall–Kier alpha value is -1.46. The van der Waals surface area contributed by atoms with E-state index in [0.29, 0.717) is 22.1 Å². The Kier molecular flexibility index (Phi) is 4.17. The molecule has 4 nitrogen and oxygen atoms in total. The lowest BCUT2D eigenvalue weighted by Crippen LogP contribution is -1.96. The lowest BCUT2D eigenvalue weighted by molar-refractivity contribution is 0.0657. The molecule has 2 rings (SSSR count). The van der Waals surface area contributed by atoms with Crippen LogP contribution >= 0.6 is 27.5 Å². The molecule has 0 spiro atoms. The molecular formula is C13H10BrClO4. The van der Waals surface area contributed by atoms with Crippen LogP contribution in [0.4, 0.5) is 0 Å². The van der Waals surface area contributed by atoms with Crippen LogP contribution in [0.3, 0.4) is 0 Å². The van der Waals surface area contributed by atoms with E-state index in [1.807, 2.05) is 0 Å². The second-order valence-corrected chi connectivity index (χ2v) is 5.22. The van der Waals surface area contributed by atoms with Crippen LogP contribution in [0.1, 0.15) is 21.9 Å². The minimum Gasteiger partial charge on any atom is -0.484 e. The molecule has 0 aliphatic carbocycles. The van der Waals surface area contributed by atoms with Gasteiger partial charge in [-0.2, -0.15) is 0 Å². The van der Waals surface area contributed by atoms with Crippen molar-refractivity contribution < 1.29 is 19.1 Å². The van der Waals surface area contributed by atoms with Crippen LogP contribution in [0.25, 0.3) is 0 Å². The zero-order valence-electron chi connectivity index (χ0n) is 9.94. The van der Waals surface area contributed by atoms with Gasteiger partial charge in [0.2, 0.25) is 5.76 Å². The summed E-state index contributed by atoms with van der Waals surface area (Å²) in [7, 11) is 0. The van der Waals surface area contributed by atoms with Gasteiger partial charge in [0.05, 0.1) is 5.02 Å². The van der Waals surface area contributed by atoms with E-state index in [1.165, 1.54) is 0 Å². The van der Waals surface area contributed by atoms with Crippen LogP contribution in [-0.4, -0.2) is 11.1 Å². The number of carboxylic acid groups (broad SMARTS) is 1. The van der Waals surface area contributed by atoms with E-state index in [4.69, 9.17) is 25.9 Å². The van der Waals surface area contributed by atoms with Gasteiger partial charge < -0.3 is 14.3 Å². The summed E-state index contributed by atoms with van der Waals surface area (Å²) in [6, 6.07) is 6.88. The summed E-state index contributed by atoms with van der Waals surface area (Å²) in [4.78, 5) is 10.8. The summed E-state index contributed by atoms with van der Waals surface area (Å²) in [5, 5.41) is 9.35. The van der Waals surface area contributed by atoms with Gasteiger partial charge in [-0.15, -0.1) is 0 Å². The molecule has 0 fully saturated rings. The van der Waals surface area contributed by atoms with E-state index in [-0.39, 0.29) is 12.4 Å². The Labute approximate surface area is 123 Å². The topological polar surface area (TPSA) is 59.7 Å². The van der Waals surface area contributed by atoms with Gasteiger partial charge >= 0.3 is 5.97 Å². The minimum atomic E-state index is -1.09. The lowest BCUT2D eigenvalue weighted by atomic mass is 10.3. The Morgan fingerprint density at radius 3 is 2.79 bits per heavy atom. The van der Waals surface area contributed by atoms with Crippen molar-refractivity contribution in [3.05, 3.63) is 50.8 Å².